The number of hydrogen-bond donors (Lipinski definition) is 1. The Bertz CT molecular complexity index is 688. The van der Waals surface area contributed by atoms with Crippen molar-refractivity contribution in [2.75, 3.05) is 39.3 Å². The molecule has 0 saturated carbocycles. The minimum Gasteiger partial charge on any atom is -0.372 e. The average Bonchev–Trinajstić information content (AvgIpc) is 2.63. The number of hydrogen-bond acceptors (Lipinski definition) is 4. The van der Waals surface area contributed by atoms with Crippen molar-refractivity contribution in [3.05, 3.63) is 29.8 Å². The summed E-state index contributed by atoms with van der Waals surface area (Å²) in [6, 6.07) is 6.22. The van der Waals surface area contributed by atoms with Gasteiger partial charge in [-0.2, -0.15) is 4.31 Å². The van der Waals surface area contributed by atoms with Crippen molar-refractivity contribution in [2.24, 2.45) is 0 Å². The minimum absolute atomic E-state index is 0.0638. The number of nitrogens with one attached hydrogen (secondary N) is 1. The molecule has 0 unspecified atom stereocenters. The highest BCUT2D eigenvalue weighted by Gasteiger charge is 2.31. The SMILES string of the molecule is CC(=O)c1ccc(S(=O)(=O)N2CC[NH+](C[C@H]3CCCCO3)CC2)cc1. The average molecular weight is 367 g/mol. The van der Waals surface area contributed by atoms with Crippen LogP contribution in [-0.2, 0) is 14.8 Å². The van der Waals surface area contributed by atoms with Crippen molar-refractivity contribution in [3.63, 3.8) is 0 Å². The van der Waals surface area contributed by atoms with Crippen molar-refractivity contribution in [1.82, 2.24) is 4.31 Å². The first kappa shape index (κ1) is 18.5. The van der Waals surface area contributed by atoms with E-state index in [0.29, 0.717) is 24.8 Å². The van der Waals surface area contributed by atoms with Gasteiger partial charge in [-0.3, -0.25) is 4.79 Å². The molecule has 2 aliphatic heterocycles. The molecule has 138 valence electrons. The van der Waals surface area contributed by atoms with Crippen molar-refractivity contribution in [3.8, 4) is 0 Å². The third kappa shape index (κ3) is 4.47. The fourth-order valence-electron chi connectivity index (χ4n) is 3.55. The van der Waals surface area contributed by atoms with Crippen LogP contribution in [0.25, 0.3) is 0 Å². The largest absolute Gasteiger partial charge is 0.372 e. The molecule has 0 aliphatic carbocycles. The first-order chi connectivity index (χ1) is 12.0. The molecule has 0 aromatic heterocycles. The third-order valence-electron chi connectivity index (χ3n) is 5.12. The number of quaternary nitrogens is 1. The Hall–Kier alpha value is -1.28. The van der Waals surface area contributed by atoms with Crippen LogP contribution in [0.2, 0.25) is 0 Å². The molecule has 0 spiro atoms. The molecule has 6 nitrogen and oxygen atoms in total. The van der Waals surface area contributed by atoms with Crippen LogP contribution in [-0.4, -0.2) is 63.9 Å². The first-order valence-electron chi connectivity index (χ1n) is 9.03. The molecule has 2 heterocycles. The van der Waals surface area contributed by atoms with E-state index in [2.05, 4.69) is 0 Å². The van der Waals surface area contributed by atoms with E-state index < -0.39 is 10.0 Å². The van der Waals surface area contributed by atoms with Gasteiger partial charge >= 0.3 is 0 Å². The van der Waals surface area contributed by atoms with E-state index in [1.54, 1.807) is 16.4 Å². The van der Waals surface area contributed by atoms with Crippen LogP contribution in [0.1, 0.15) is 36.5 Å². The Morgan fingerprint density at radius 1 is 1.20 bits per heavy atom. The molecular weight excluding hydrogens is 340 g/mol. The number of ketones is 1. The van der Waals surface area contributed by atoms with Crippen LogP contribution in [0.4, 0.5) is 0 Å². The zero-order valence-electron chi connectivity index (χ0n) is 14.7. The highest BCUT2D eigenvalue weighted by molar-refractivity contribution is 7.89. The van der Waals surface area contributed by atoms with Crippen LogP contribution in [0.5, 0.6) is 0 Å². The maximum Gasteiger partial charge on any atom is 0.243 e. The zero-order valence-corrected chi connectivity index (χ0v) is 15.6. The number of carbonyl (C=O) groups excluding carboxylic acids is 1. The predicted molar refractivity (Wildman–Crippen MR) is 94.4 cm³/mol. The number of ether oxygens (including phenoxy) is 1. The molecule has 2 saturated heterocycles. The number of Topliss-reactive ketones (excluding diaryl/α,β-unsaturated/α-hetero) is 1. The van der Waals surface area contributed by atoms with Gasteiger partial charge in [-0.05, 0) is 38.3 Å². The molecule has 2 aliphatic rings. The second-order valence-electron chi connectivity index (χ2n) is 6.93. The fraction of sp³-hybridized carbons (Fsp3) is 0.611. The van der Waals surface area contributed by atoms with Crippen LogP contribution < -0.4 is 4.90 Å². The van der Waals surface area contributed by atoms with E-state index in [4.69, 9.17) is 4.74 Å². The molecule has 0 amide bonds. The lowest BCUT2D eigenvalue weighted by atomic mass is 10.1. The van der Waals surface area contributed by atoms with Gasteiger partial charge in [-0.1, -0.05) is 12.1 Å². The minimum atomic E-state index is -3.48. The van der Waals surface area contributed by atoms with Gasteiger partial charge in [0, 0.05) is 12.2 Å². The summed E-state index contributed by atoms with van der Waals surface area (Å²) in [5.41, 5.74) is 0.528. The maximum absolute atomic E-state index is 12.8. The Morgan fingerprint density at radius 3 is 2.44 bits per heavy atom. The summed E-state index contributed by atoms with van der Waals surface area (Å²) in [5.74, 6) is -0.0638. The lowest BCUT2D eigenvalue weighted by molar-refractivity contribution is -0.907. The molecule has 3 rings (SSSR count). The molecule has 7 heteroatoms. The molecule has 0 bridgehead atoms. The second kappa shape index (κ2) is 7.95. The molecule has 0 radical (unpaired) electrons. The van der Waals surface area contributed by atoms with E-state index in [9.17, 15) is 13.2 Å². The fourth-order valence-corrected chi connectivity index (χ4v) is 4.99. The summed E-state index contributed by atoms with van der Waals surface area (Å²) in [6.07, 6.45) is 3.83. The number of piperazine rings is 1. The Labute approximate surface area is 149 Å². The number of sulfonamides is 1. The summed E-state index contributed by atoms with van der Waals surface area (Å²) in [6.45, 7) is 5.98. The molecule has 25 heavy (non-hydrogen) atoms. The molecule has 1 atom stereocenters. The van der Waals surface area contributed by atoms with Crippen molar-refractivity contribution in [1.29, 1.82) is 0 Å². The molecule has 2 fully saturated rings. The quantitative estimate of drug-likeness (QED) is 0.763. The van der Waals surface area contributed by atoms with Gasteiger partial charge in [-0.15, -0.1) is 0 Å². The molecule has 1 N–H and O–H groups in total. The summed E-state index contributed by atoms with van der Waals surface area (Å²) < 4.78 is 32.9. The van der Waals surface area contributed by atoms with Crippen molar-refractivity contribution < 1.29 is 22.8 Å². The molecule has 1 aromatic carbocycles. The van der Waals surface area contributed by atoms with E-state index >= 15 is 0 Å². The van der Waals surface area contributed by atoms with Crippen LogP contribution in [0.3, 0.4) is 0 Å². The van der Waals surface area contributed by atoms with E-state index in [1.165, 1.54) is 30.4 Å². The lowest BCUT2D eigenvalue weighted by Gasteiger charge is -2.34. The Morgan fingerprint density at radius 2 is 1.88 bits per heavy atom. The van der Waals surface area contributed by atoms with E-state index in [1.807, 2.05) is 0 Å². The summed E-state index contributed by atoms with van der Waals surface area (Å²) in [5, 5.41) is 0. The van der Waals surface area contributed by atoms with Gasteiger partial charge in [0.25, 0.3) is 0 Å². The van der Waals surface area contributed by atoms with Gasteiger partial charge in [0.2, 0.25) is 10.0 Å². The smallest absolute Gasteiger partial charge is 0.243 e. The van der Waals surface area contributed by atoms with Gasteiger partial charge in [-0.25, -0.2) is 8.42 Å². The van der Waals surface area contributed by atoms with E-state index in [0.717, 1.165) is 39.1 Å². The highest BCUT2D eigenvalue weighted by Crippen LogP contribution is 2.17. The number of carbonyl (C=O) groups is 1. The van der Waals surface area contributed by atoms with Crippen molar-refractivity contribution in [2.45, 2.75) is 37.2 Å². The maximum atomic E-state index is 12.8. The van der Waals surface area contributed by atoms with E-state index in [-0.39, 0.29) is 10.7 Å². The topological polar surface area (TPSA) is 68.1 Å². The highest BCUT2D eigenvalue weighted by atomic mass is 32.2. The monoisotopic (exact) mass is 367 g/mol. The normalized spacial score (nSPS) is 23.5. The van der Waals surface area contributed by atoms with Crippen LogP contribution >= 0.6 is 0 Å². The van der Waals surface area contributed by atoms with Gasteiger partial charge < -0.3 is 9.64 Å². The standard InChI is InChI=1S/C18H26N2O4S/c1-15(21)16-5-7-18(8-6-16)25(22,23)20-11-9-19(10-12-20)14-17-4-2-3-13-24-17/h5-8,17H,2-4,9-14H2,1H3/p+1/t17-/m1/s1. The summed E-state index contributed by atoms with van der Waals surface area (Å²) in [4.78, 5) is 13.0. The zero-order chi connectivity index (χ0) is 17.9. The first-order valence-corrected chi connectivity index (χ1v) is 10.5. The molecular formula is C18H27N2O4S+. The van der Waals surface area contributed by atoms with Gasteiger partial charge in [0.05, 0.1) is 31.1 Å². The molecule has 1 aromatic rings. The van der Waals surface area contributed by atoms with Gasteiger partial charge in [0.15, 0.2) is 5.78 Å². The second-order valence-corrected chi connectivity index (χ2v) is 8.87. The van der Waals surface area contributed by atoms with Gasteiger partial charge in [0.1, 0.15) is 12.6 Å². The number of rotatable bonds is 5. The Balaban J connectivity index is 1.58. The third-order valence-corrected chi connectivity index (χ3v) is 7.03. The number of nitrogens with zero attached hydrogens (tertiary/aromatic N) is 1. The van der Waals surface area contributed by atoms with Crippen LogP contribution in [0, 0.1) is 0 Å². The number of benzene rings is 1. The summed E-state index contributed by atoms with van der Waals surface area (Å²) in [7, 11) is -3.48. The predicted octanol–water partition coefficient (Wildman–Crippen LogP) is 0.348. The van der Waals surface area contributed by atoms with Crippen molar-refractivity contribution >= 4 is 15.8 Å². The Kier molecular flexibility index (Phi) is 5.89. The van der Waals surface area contributed by atoms with Crippen LogP contribution in [0.15, 0.2) is 29.2 Å². The lowest BCUT2D eigenvalue weighted by Crippen LogP contribution is -3.15. The summed E-state index contributed by atoms with van der Waals surface area (Å²) >= 11 is 0.